The maximum Gasteiger partial charge on any atom is 0.134 e. The van der Waals surface area contributed by atoms with Gasteiger partial charge in [-0.25, -0.2) is 4.39 Å². The van der Waals surface area contributed by atoms with Crippen LogP contribution in [0.25, 0.3) is 11.1 Å². The average Bonchev–Trinajstić information content (AvgIpc) is 2.67. The first-order chi connectivity index (χ1) is 12.1. The van der Waals surface area contributed by atoms with E-state index in [9.17, 15) is 14.6 Å². The van der Waals surface area contributed by atoms with Crippen LogP contribution in [0.15, 0.2) is 48.5 Å². The quantitative estimate of drug-likeness (QED) is 0.875. The standard InChI is InChI=1S/C20H24FNO3/c1-14(19(23)20(24)22-10-12-25-13-11-22)17-4-2-3-5-18(17)15-6-8-16(21)9-7-15/h2-9,14,19-20,23-24H,10-13H2,1H3. The molecule has 2 aromatic rings. The van der Waals surface area contributed by atoms with Crippen LogP contribution in [0.3, 0.4) is 0 Å². The van der Waals surface area contributed by atoms with Crippen LogP contribution < -0.4 is 0 Å². The zero-order valence-electron chi connectivity index (χ0n) is 14.3. The number of halogens is 1. The molecule has 1 aliphatic rings. The minimum atomic E-state index is -0.944. The molecule has 1 fully saturated rings. The minimum absolute atomic E-state index is 0.279. The second-order valence-corrected chi connectivity index (χ2v) is 6.44. The molecule has 1 aliphatic heterocycles. The Hall–Kier alpha value is -1.79. The molecule has 25 heavy (non-hydrogen) atoms. The van der Waals surface area contributed by atoms with Crippen molar-refractivity contribution in [1.82, 2.24) is 4.90 Å². The average molecular weight is 345 g/mol. The molecule has 1 saturated heterocycles. The van der Waals surface area contributed by atoms with Crippen molar-refractivity contribution in [2.24, 2.45) is 0 Å². The van der Waals surface area contributed by atoms with Gasteiger partial charge in [0.1, 0.15) is 18.1 Å². The molecule has 0 bridgehead atoms. The maximum atomic E-state index is 13.2. The number of aliphatic hydroxyl groups excluding tert-OH is 2. The molecule has 5 heteroatoms. The van der Waals surface area contributed by atoms with Gasteiger partial charge in [0.25, 0.3) is 0 Å². The third-order valence-corrected chi connectivity index (χ3v) is 4.84. The van der Waals surface area contributed by atoms with Gasteiger partial charge in [-0.05, 0) is 28.8 Å². The van der Waals surface area contributed by atoms with Crippen molar-refractivity contribution in [1.29, 1.82) is 0 Å². The highest BCUT2D eigenvalue weighted by Crippen LogP contribution is 2.32. The third-order valence-electron chi connectivity index (χ3n) is 4.84. The Labute approximate surface area is 147 Å². The van der Waals surface area contributed by atoms with Crippen LogP contribution in [0.2, 0.25) is 0 Å². The van der Waals surface area contributed by atoms with Gasteiger partial charge in [0.05, 0.1) is 13.2 Å². The lowest BCUT2D eigenvalue weighted by Gasteiger charge is -2.36. The monoisotopic (exact) mass is 345 g/mol. The first kappa shape index (κ1) is 18.0. The highest BCUT2D eigenvalue weighted by atomic mass is 19.1. The van der Waals surface area contributed by atoms with E-state index < -0.39 is 12.3 Å². The van der Waals surface area contributed by atoms with E-state index in [1.807, 2.05) is 36.1 Å². The predicted octanol–water partition coefficient (Wildman–Crippen LogP) is 2.61. The van der Waals surface area contributed by atoms with Gasteiger partial charge >= 0.3 is 0 Å². The molecule has 1 heterocycles. The SMILES string of the molecule is CC(c1ccccc1-c1ccc(F)cc1)C(O)C(O)N1CCOCC1. The fraction of sp³-hybridized carbons (Fsp3) is 0.400. The molecule has 2 aromatic carbocycles. The molecule has 0 aliphatic carbocycles. The smallest absolute Gasteiger partial charge is 0.134 e. The van der Waals surface area contributed by atoms with Gasteiger partial charge in [-0.3, -0.25) is 4.90 Å². The number of hydrogen-bond acceptors (Lipinski definition) is 4. The Morgan fingerprint density at radius 1 is 1.00 bits per heavy atom. The Kier molecular flexibility index (Phi) is 5.81. The molecule has 3 unspecified atom stereocenters. The van der Waals surface area contributed by atoms with Gasteiger partial charge in [-0.2, -0.15) is 0 Å². The summed E-state index contributed by atoms with van der Waals surface area (Å²) in [7, 11) is 0. The molecule has 134 valence electrons. The molecule has 3 atom stereocenters. The van der Waals surface area contributed by atoms with Gasteiger partial charge in [-0.15, -0.1) is 0 Å². The molecular formula is C20H24FNO3. The summed E-state index contributed by atoms with van der Waals surface area (Å²) < 4.78 is 18.5. The van der Waals surface area contributed by atoms with Crippen LogP contribution in [-0.2, 0) is 4.74 Å². The number of rotatable bonds is 5. The van der Waals surface area contributed by atoms with Crippen LogP contribution in [-0.4, -0.2) is 53.7 Å². The van der Waals surface area contributed by atoms with Crippen molar-refractivity contribution in [3.63, 3.8) is 0 Å². The largest absolute Gasteiger partial charge is 0.388 e. The van der Waals surface area contributed by atoms with E-state index >= 15 is 0 Å². The lowest BCUT2D eigenvalue weighted by atomic mass is 9.87. The minimum Gasteiger partial charge on any atom is -0.388 e. The van der Waals surface area contributed by atoms with Crippen LogP contribution in [0.4, 0.5) is 4.39 Å². The van der Waals surface area contributed by atoms with Crippen molar-refractivity contribution < 1.29 is 19.3 Å². The van der Waals surface area contributed by atoms with E-state index in [0.29, 0.717) is 26.3 Å². The molecule has 0 radical (unpaired) electrons. The number of ether oxygens (including phenoxy) is 1. The Morgan fingerprint density at radius 3 is 2.32 bits per heavy atom. The molecule has 4 nitrogen and oxygen atoms in total. The normalized spacial score (nSPS) is 19.4. The fourth-order valence-corrected chi connectivity index (χ4v) is 3.29. The highest BCUT2D eigenvalue weighted by molar-refractivity contribution is 5.68. The van der Waals surface area contributed by atoms with Gasteiger partial charge in [0, 0.05) is 19.0 Å². The summed E-state index contributed by atoms with van der Waals surface area (Å²) >= 11 is 0. The van der Waals surface area contributed by atoms with E-state index in [2.05, 4.69) is 0 Å². The van der Waals surface area contributed by atoms with Crippen LogP contribution in [0.5, 0.6) is 0 Å². The summed E-state index contributed by atoms with van der Waals surface area (Å²) in [5, 5.41) is 21.3. The summed E-state index contributed by atoms with van der Waals surface area (Å²) in [6.45, 7) is 4.22. The maximum absolute atomic E-state index is 13.2. The molecule has 0 amide bonds. The molecule has 0 saturated carbocycles. The van der Waals surface area contributed by atoms with Crippen molar-refractivity contribution >= 4 is 0 Å². The van der Waals surface area contributed by atoms with Crippen LogP contribution in [0.1, 0.15) is 18.4 Å². The number of hydrogen-bond donors (Lipinski definition) is 2. The summed E-state index contributed by atoms with van der Waals surface area (Å²) in [5.74, 6) is -0.559. The second kappa shape index (κ2) is 8.06. The zero-order chi connectivity index (χ0) is 17.8. The number of morpholine rings is 1. The van der Waals surface area contributed by atoms with Crippen LogP contribution in [0, 0.1) is 5.82 Å². The zero-order valence-corrected chi connectivity index (χ0v) is 14.3. The Balaban J connectivity index is 1.84. The lowest BCUT2D eigenvalue weighted by Crippen LogP contribution is -2.50. The first-order valence-electron chi connectivity index (χ1n) is 8.60. The number of aliphatic hydroxyl groups is 2. The molecule has 3 rings (SSSR count). The summed E-state index contributed by atoms with van der Waals surface area (Å²) in [6.07, 6.45) is -1.88. The van der Waals surface area contributed by atoms with Crippen molar-refractivity contribution in [3.05, 3.63) is 59.9 Å². The van der Waals surface area contributed by atoms with Gasteiger partial charge in [-0.1, -0.05) is 43.3 Å². The van der Waals surface area contributed by atoms with E-state index in [1.54, 1.807) is 12.1 Å². The Bertz CT molecular complexity index is 686. The van der Waals surface area contributed by atoms with Gasteiger partial charge < -0.3 is 14.9 Å². The van der Waals surface area contributed by atoms with Crippen molar-refractivity contribution in [2.75, 3.05) is 26.3 Å². The summed E-state index contributed by atoms with van der Waals surface area (Å²) in [5.41, 5.74) is 2.74. The highest BCUT2D eigenvalue weighted by Gasteiger charge is 2.31. The number of benzene rings is 2. The van der Waals surface area contributed by atoms with E-state index in [0.717, 1.165) is 16.7 Å². The predicted molar refractivity (Wildman–Crippen MR) is 94.7 cm³/mol. The Morgan fingerprint density at radius 2 is 1.64 bits per heavy atom. The summed E-state index contributed by atoms with van der Waals surface area (Å²) in [4.78, 5) is 1.84. The van der Waals surface area contributed by atoms with E-state index in [1.165, 1.54) is 12.1 Å². The van der Waals surface area contributed by atoms with Gasteiger partial charge in [0.2, 0.25) is 0 Å². The fourth-order valence-electron chi connectivity index (χ4n) is 3.29. The topological polar surface area (TPSA) is 52.9 Å². The van der Waals surface area contributed by atoms with Crippen molar-refractivity contribution in [3.8, 4) is 11.1 Å². The summed E-state index contributed by atoms with van der Waals surface area (Å²) in [6, 6.07) is 14.0. The molecule has 2 N–H and O–H groups in total. The first-order valence-corrected chi connectivity index (χ1v) is 8.60. The van der Waals surface area contributed by atoms with Crippen LogP contribution >= 0.6 is 0 Å². The third kappa shape index (κ3) is 4.07. The van der Waals surface area contributed by atoms with Crippen molar-refractivity contribution in [2.45, 2.75) is 25.2 Å². The van der Waals surface area contributed by atoms with E-state index in [-0.39, 0.29) is 11.7 Å². The molecule has 0 spiro atoms. The lowest BCUT2D eigenvalue weighted by molar-refractivity contribution is -0.119. The molecule has 0 aromatic heterocycles. The second-order valence-electron chi connectivity index (χ2n) is 6.44. The van der Waals surface area contributed by atoms with Gasteiger partial charge in [0.15, 0.2) is 0 Å². The number of nitrogens with zero attached hydrogens (tertiary/aromatic N) is 1. The molecular weight excluding hydrogens is 321 g/mol. The van der Waals surface area contributed by atoms with E-state index in [4.69, 9.17) is 4.74 Å².